The van der Waals surface area contributed by atoms with Crippen molar-refractivity contribution >= 4 is 17.5 Å². The van der Waals surface area contributed by atoms with Gasteiger partial charge in [-0.05, 0) is 67.5 Å². The van der Waals surface area contributed by atoms with Crippen LogP contribution in [0.15, 0.2) is 72.8 Å². The SMILES string of the molecule is CCN(CC)CCOc1ccc(-c2nc(N)nc(Nc3ccccc3OC)c2-c2ccccc2C)cc1. The highest BCUT2D eigenvalue weighted by Crippen LogP contribution is 2.40. The molecular formula is C30H35N5O2. The van der Waals surface area contributed by atoms with Gasteiger partial charge in [-0.2, -0.15) is 4.98 Å². The summed E-state index contributed by atoms with van der Waals surface area (Å²) in [5.41, 5.74) is 11.7. The van der Waals surface area contributed by atoms with E-state index in [1.165, 1.54) is 0 Å². The summed E-state index contributed by atoms with van der Waals surface area (Å²) >= 11 is 0. The molecule has 0 aliphatic heterocycles. The van der Waals surface area contributed by atoms with E-state index in [2.05, 4.69) is 48.1 Å². The van der Waals surface area contributed by atoms with E-state index in [9.17, 15) is 0 Å². The third kappa shape index (κ3) is 6.19. The molecule has 0 saturated heterocycles. The predicted octanol–water partition coefficient (Wildman–Crippen LogP) is 6.17. The molecule has 0 bridgehead atoms. The second kappa shape index (κ2) is 12.2. The summed E-state index contributed by atoms with van der Waals surface area (Å²) in [5.74, 6) is 2.33. The van der Waals surface area contributed by atoms with Crippen LogP contribution in [0, 0.1) is 6.92 Å². The molecule has 0 atom stereocenters. The minimum Gasteiger partial charge on any atom is -0.495 e. The Kier molecular flexibility index (Phi) is 8.59. The van der Waals surface area contributed by atoms with Gasteiger partial charge in [-0.3, -0.25) is 0 Å². The normalized spacial score (nSPS) is 10.9. The zero-order valence-electron chi connectivity index (χ0n) is 22.0. The minimum absolute atomic E-state index is 0.185. The van der Waals surface area contributed by atoms with Gasteiger partial charge in [0.05, 0.1) is 24.1 Å². The van der Waals surface area contributed by atoms with Crippen LogP contribution in [-0.2, 0) is 0 Å². The number of likely N-dealkylation sites (N-methyl/N-ethyl adjacent to an activating group) is 1. The topological polar surface area (TPSA) is 85.5 Å². The zero-order chi connectivity index (χ0) is 26.2. The molecule has 1 aromatic heterocycles. The van der Waals surface area contributed by atoms with Crippen molar-refractivity contribution in [1.82, 2.24) is 14.9 Å². The Balaban J connectivity index is 1.74. The number of nitrogens with one attached hydrogen (secondary N) is 1. The molecule has 0 aliphatic rings. The van der Waals surface area contributed by atoms with Crippen LogP contribution in [0.1, 0.15) is 19.4 Å². The molecule has 192 valence electrons. The fourth-order valence-corrected chi connectivity index (χ4v) is 4.30. The maximum Gasteiger partial charge on any atom is 0.222 e. The Labute approximate surface area is 219 Å². The summed E-state index contributed by atoms with van der Waals surface area (Å²) in [5, 5.41) is 3.44. The zero-order valence-corrected chi connectivity index (χ0v) is 22.0. The number of hydrogen-bond donors (Lipinski definition) is 2. The van der Waals surface area contributed by atoms with E-state index < -0.39 is 0 Å². The number of nitrogen functional groups attached to an aromatic ring is 1. The number of methoxy groups -OCH3 is 1. The number of benzene rings is 3. The number of ether oxygens (including phenoxy) is 2. The highest BCUT2D eigenvalue weighted by Gasteiger charge is 2.20. The number of aryl methyl sites for hydroxylation is 1. The van der Waals surface area contributed by atoms with Crippen LogP contribution in [0.3, 0.4) is 0 Å². The van der Waals surface area contributed by atoms with Gasteiger partial charge in [-0.15, -0.1) is 0 Å². The minimum atomic E-state index is 0.185. The van der Waals surface area contributed by atoms with Crippen molar-refractivity contribution in [2.45, 2.75) is 20.8 Å². The lowest BCUT2D eigenvalue weighted by Crippen LogP contribution is -2.27. The Morgan fingerprint density at radius 2 is 1.59 bits per heavy atom. The van der Waals surface area contributed by atoms with Crippen LogP contribution in [0.4, 0.5) is 17.5 Å². The maximum absolute atomic E-state index is 6.23. The van der Waals surface area contributed by atoms with Gasteiger partial charge in [-0.1, -0.05) is 50.2 Å². The largest absolute Gasteiger partial charge is 0.495 e. The van der Waals surface area contributed by atoms with Crippen molar-refractivity contribution in [3.63, 3.8) is 0 Å². The van der Waals surface area contributed by atoms with E-state index in [0.717, 1.165) is 59.0 Å². The van der Waals surface area contributed by atoms with Crippen LogP contribution < -0.4 is 20.5 Å². The monoisotopic (exact) mass is 497 g/mol. The van der Waals surface area contributed by atoms with Gasteiger partial charge < -0.3 is 25.4 Å². The molecule has 0 unspecified atom stereocenters. The van der Waals surface area contributed by atoms with E-state index in [4.69, 9.17) is 20.2 Å². The smallest absolute Gasteiger partial charge is 0.222 e. The first-order chi connectivity index (χ1) is 18.0. The highest BCUT2D eigenvalue weighted by atomic mass is 16.5. The fraction of sp³-hybridized carbons (Fsp3) is 0.267. The molecule has 7 heteroatoms. The lowest BCUT2D eigenvalue weighted by atomic mass is 9.96. The number of rotatable bonds is 11. The third-order valence-corrected chi connectivity index (χ3v) is 6.40. The third-order valence-electron chi connectivity index (χ3n) is 6.40. The van der Waals surface area contributed by atoms with Gasteiger partial charge in [0.25, 0.3) is 0 Å². The Morgan fingerprint density at radius 1 is 0.892 bits per heavy atom. The molecule has 0 fully saturated rings. The quantitative estimate of drug-likeness (QED) is 0.256. The number of anilines is 3. The number of para-hydroxylation sites is 2. The Hall–Kier alpha value is -4.10. The van der Waals surface area contributed by atoms with Crippen LogP contribution >= 0.6 is 0 Å². The van der Waals surface area contributed by atoms with Crippen LogP contribution in [-0.4, -0.2) is 48.2 Å². The molecule has 4 rings (SSSR count). The van der Waals surface area contributed by atoms with E-state index in [1.54, 1.807) is 7.11 Å². The van der Waals surface area contributed by atoms with Crippen molar-refractivity contribution in [2.75, 3.05) is 44.4 Å². The molecule has 37 heavy (non-hydrogen) atoms. The molecule has 0 saturated carbocycles. The van der Waals surface area contributed by atoms with E-state index in [0.29, 0.717) is 18.2 Å². The van der Waals surface area contributed by atoms with Crippen molar-refractivity contribution in [1.29, 1.82) is 0 Å². The first-order valence-corrected chi connectivity index (χ1v) is 12.6. The van der Waals surface area contributed by atoms with Gasteiger partial charge in [0.1, 0.15) is 23.9 Å². The first-order valence-electron chi connectivity index (χ1n) is 12.6. The Morgan fingerprint density at radius 3 is 2.30 bits per heavy atom. The van der Waals surface area contributed by atoms with Crippen molar-refractivity contribution < 1.29 is 9.47 Å². The summed E-state index contributed by atoms with van der Waals surface area (Å²) in [6.07, 6.45) is 0. The van der Waals surface area contributed by atoms with Gasteiger partial charge in [0.15, 0.2) is 0 Å². The summed E-state index contributed by atoms with van der Waals surface area (Å²) in [6, 6.07) is 23.9. The summed E-state index contributed by atoms with van der Waals surface area (Å²) < 4.78 is 11.5. The second-order valence-corrected chi connectivity index (χ2v) is 8.69. The summed E-state index contributed by atoms with van der Waals surface area (Å²) in [7, 11) is 1.65. The molecule has 0 amide bonds. The molecule has 1 heterocycles. The number of nitrogens with two attached hydrogens (primary N) is 1. The van der Waals surface area contributed by atoms with Crippen LogP contribution in [0.5, 0.6) is 11.5 Å². The standard InChI is InChI=1S/C30H35N5O2/c1-5-35(6-2)19-20-37-23-17-15-22(16-18-23)28-27(24-12-8-7-11-21(24)3)29(34-30(31)33-28)32-25-13-9-10-14-26(25)36-4/h7-18H,5-6,19-20H2,1-4H3,(H3,31,32,33,34). The number of aromatic nitrogens is 2. The summed E-state index contributed by atoms with van der Waals surface area (Å²) in [6.45, 7) is 9.97. The first kappa shape index (κ1) is 26.0. The van der Waals surface area contributed by atoms with E-state index in [1.807, 2.05) is 60.7 Å². The lowest BCUT2D eigenvalue weighted by Gasteiger charge is -2.19. The lowest BCUT2D eigenvalue weighted by molar-refractivity contribution is 0.223. The van der Waals surface area contributed by atoms with Gasteiger partial charge in [-0.25, -0.2) is 4.98 Å². The maximum atomic E-state index is 6.23. The van der Waals surface area contributed by atoms with Crippen LogP contribution in [0.25, 0.3) is 22.4 Å². The number of nitrogens with zero attached hydrogens (tertiary/aromatic N) is 3. The average molecular weight is 498 g/mol. The van der Waals surface area contributed by atoms with E-state index in [-0.39, 0.29) is 5.95 Å². The second-order valence-electron chi connectivity index (χ2n) is 8.69. The molecule has 0 radical (unpaired) electrons. The van der Waals surface area contributed by atoms with Gasteiger partial charge >= 0.3 is 0 Å². The fourth-order valence-electron chi connectivity index (χ4n) is 4.30. The molecule has 3 N–H and O–H groups in total. The average Bonchev–Trinajstić information content (AvgIpc) is 2.92. The molecular weight excluding hydrogens is 462 g/mol. The molecule has 3 aromatic carbocycles. The predicted molar refractivity (Wildman–Crippen MR) is 152 cm³/mol. The molecule has 4 aromatic rings. The van der Waals surface area contributed by atoms with E-state index >= 15 is 0 Å². The molecule has 7 nitrogen and oxygen atoms in total. The molecule has 0 spiro atoms. The molecule has 0 aliphatic carbocycles. The van der Waals surface area contributed by atoms with Crippen LogP contribution in [0.2, 0.25) is 0 Å². The van der Waals surface area contributed by atoms with Crippen molar-refractivity contribution in [2.24, 2.45) is 0 Å². The van der Waals surface area contributed by atoms with Crippen molar-refractivity contribution in [3.8, 4) is 33.9 Å². The van der Waals surface area contributed by atoms with Crippen molar-refractivity contribution in [3.05, 3.63) is 78.4 Å². The van der Waals surface area contributed by atoms with Gasteiger partial charge in [0.2, 0.25) is 5.95 Å². The van der Waals surface area contributed by atoms with Gasteiger partial charge in [0, 0.05) is 12.1 Å². The summed E-state index contributed by atoms with van der Waals surface area (Å²) in [4.78, 5) is 11.6. The highest BCUT2D eigenvalue weighted by molar-refractivity contribution is 5.92. The Bertz CT molecular complexity index is 1320. The number of hydrogen-bond acceptors (Lipinski definition) is 7.